The Morgan fingerprint density at radius 2 is 1.35 bits per heavy atom. The number of rotatable bonds is 14. The first-order chi connectivity index (χ1) is 14.7. The quantitative estimate of drug-likeness (QED) is 0.0757. The van der Waals surface area contributed by atoms with Gasteiger partial charge in [-0.1, -0.05) is 27.5 Å². The molecule has 0 aromatic heterocycles. The number of nitrogens with zero attached hydrogens (tertiary/aromatic N) is 2. The third-order valence-corrected chi connectivity index (χ3v) is 9.51. The van der Waals surface area contributed by atoms with Gasteiger partial charge < -0.3 is 16.0 Å². The highest BCUT2D eigenvalue weighted by Crippen LogP contribution is 2.49. The van der Waals surface area contributed by atoms with Gasteiger partial charge in [0, 0.05) is 71.0 Å². The van der Waals surface area contributed by atoms with Crippen LogP contribution in [0.2, 0.25) is 5.82 Å². The predicted molar refractivity (Wildman–Crippen MR) is 145 cm³/mol. The molecule has 0 aliphatic carbocycles. The summed E-state index contributed by atoms with van der Waals surface area (Å²) in [7, 11) is 8.41. The van der Waals surface area contributed by atoms with Gasteiger partial charge >= 0.3 is 0 Å². The van der Waals surface area contributed by atoms with Crippen LogP contribution in [0.3, 0.4) is 0 Å². The summed E-state index contributed by atoms with van der Waals surface area (Å²) in [6.07, 6.45) is 0.535. The van der Waals surface area contributed by atoms with Crippen LogP contribution in [0.5, 0.6) is 0 Å². The molecule has 4 unspecified atom stereocenters. The molecule has 0 aromatic carbocycles. The Labute approximate surface area is 214 Å². The first kappa shape index (κ1) is 27.9. The molecule has 31 heavy (non-hydrogen) atoms. The summed E-state index contributed by atoms with van der Waals surface area (Å²) in [6, 6.07) is 0. The SMILES string of the molecule is [B]P(I)C1CC(=O)N(CCNCCNCCNCCN2C(=O)CC(B(P)I)C2=O)C1=O. The molecule has 0 spiro atoms. The zero-order valence-corrected chi connectivity index (χ0v) is 23.6. The monoisotopic (exact) mass is 691 g/mol. The van der Waals surface area contributed by atoms with Crippen LogP contribution in [0.25, 0.3) is 0 Å². The van der Waals surface area contributed by atoms with Gasteiger partial charge in [0.15, 0.2) is 0 Å². The summed E-state index contributed by atoms with van der Waals surface area (Å²) in [4.78, 5) is 50.9. The first-order valence-corrected chi connectivity index (χ1v) is 16.3. The van der Waals surface area contributed by atoms with Gasteiger partial charge in [-0.15, -0.1) is 22.4 Å². The van der Waals surface area contributed by atoms with E-state index in [4.69, 9.17) is 7.57 Å². The van der Waals surface area contributed by atoms with Crippen LogP contribution >= 0.6 is 59.0 Å². The molecule has 9 nitrogen and oxygen atoms in total. The second-order valence-corrected chi connectivity index (χ2v) is 15.5. The average molecular weight is 691 g/mol. The van der Waals surface area contributed by atoms with Gasteiger partial charge in [-0.2, -0.15) is 9.12 Å². The Morgan fingerprint density at radius 1 is 0.903 bits per heavy atom. The number of halogens is 2. The van der Waals surface area contributed by atoms with E-state index in [1.807, 2.05) is 22.0 Å². The minimum atomic E-state index is -0.955. The fourth-order valence-electron chi connectivity index (χ4n) is 3.40. The van der Waals surface area contributed by atoms with E-state index < -0.39 is 5.44 Å². The Balaban J connectivity index is 1.45. The molecule has 4 atom stereocenters. The molecule has 2 saturated heterocycles. The lowest BCUT2D eigenvalue weighted by molar-refractivity contribution is -0.139. The van der Waals surface area contributed by atoms with Crippen LogP contribution in [0.1, 0.15) is 12.8 Å². The highest BCUT2D eigenvalue weighted by atomic mass is 127. The topological polar surface area (TPSA) is 111 Å². The fourth-order valence-corrected chi connectivity index (χ4v) is 6.25. The van der Waals surface area contributed by atoms with Crippen molar-refractivity contribution in [1.82, 2.24) is 25.8 Å². The number of likely N-dealkylation sites (tertiary alicyclic amines) is 2. The fraction of sp³-hybridized carbons (Fsp3) is 0.750. The van der Waals surface area contributed by atoms with Gasteiger partial charge in [-0.25, -0.2) is 0 Å². The predicted octanol–water partition coefficient (Wildman–Crippen LogP) is -0.274. The van der Waals surface area contributed by atoms with Gasteiger partial charge in [0.25, 0.3) is 4.29 Å². The van der Waals surface area contributed by atoms with Crippen LogP contribution in [0.15, 0.2) is 0 Å². The van der Waals surface area contributed by atoms with Crippen molar-refractivity contribution in [2.75, 3.05) is 52.4 Å². The number of carbonyl (C=O) groups is 4. The highest BCUT2D eigenvalue weighted by molar-refractivity contribution is 14.2. The number of hydrogen-bond acceptors (Lipinski definition) is 7. The molecule has 170 valence electrons. The Hall–Kier alpha value is 0.610. The van der Waals surface area contributed by atoms with Crippen molar-refractivity contribution in [3.8, 4) is 0 Å². The zero-order chi connectivity index (χ0) is 23.0. The Morgan fingerprint density at radius 3 is 1.77 bits per heavy atom. The second-order valence-electron chi connectivity index (χ2n) is 7.34. The minimum absolute atomic E-state index is 0.0728. The normalized spacial score (nSPS) is 22.7. The van der Waals surface area contributed by atoms with Crippen molar-refractivity contribution < 1.29 is 19.2 Å². The van der Waals surface area contributed by atoms with E-state index >= 15 is 0 Å². The van der Waals surface area contributed by atoms with E-state index in [0.29, 0.717) is 32.6 Å². The molecule has 2 aliphatic rings. The molecule has 2 fully saturated rings. The number of carbonyl (C=O) groups excluding carboxylic acids is 4. The number of hydrogen-bond donors (Lipinski definition) is 3. The molecule has 0 aromatic rings. The van der Waals surface area contributed by atoms with Gasteiger partial charge in [0.1, 0.15) is 7.57 Å². The first-order valence-electron chi connectivity index (χ1n) is 10.1. The van der Waals surface area contributed by atoms with E-state index in [0.717, 1.165) is 26.2 Å². The molecule has 0 saturated carbocycles. The van der Waals surface area contributed by atoms with Crippen LogP contribution in [0, 0.1) is 0 Å². The van der Waals surface area contributed by atoms with Gasteiger partial charge in [0.05, 0.1) is 5.66 Å². The molecule has 2 heterocycles. The van der Waals surface area contributed by atoms with Crippen molar-refractivity contribution in [3.05, 3.63) is 0 Å². The minimum Gasteiger partial charge on any atom is -0.314 e. The van der Waals surface area contributed by atoms with E-state index in [9.17, 15) is 19.2 Å². The molecule has 4 amide bonds. The highest BCUT2D eigenvalue weighted by Gasteiger charge is 2.42. The van der Waals surface area contributed by atoms with Crippen LogP contribution in [0.4, 0.5) is 0 Å². The lowest BCUT2D eigenvalue weighted by atomic mass is 9.84. The molecule has 2 aliphatic heterocycles. The maximum absolute atomic E-state index is 12.2. The van der Waals surface area contributed by atoms with E-state index in [1.165, 1.54) is 9.80 Å². The third-order valence-electron chi connectivity index (χ3n) is 5.16. The largest absolute Gasteiger partial charge is 0.314 e. The summed E-state index contributed by atoms with van der Waals surface area (Å²) in [5.41, 5.74) is -1.29. The summed E-state index contributed by atoms with van der Waals surface area (Å²) >= 11 is 4.21. The van der Waals surface area contributed by atoms with Crippen LogP contribution < -0.4 is 16.0 Å². The third kappa shape index (κ3) is 8.40. The number of imide groups is 2. The molecular formula is C16H27B2I2N5O4P2. The smallest absolute Gasteiger partial charge is 0.252 e. The Kier molecular flexibility index (Phi) is 12.7. The van der Waals surface area contributed by atoms with Gasteiger partial charge in [-0.05, 0) is 0 Å². The average Bonchev–Trinajstić information content (AvgIpc) is 3.16. The second kappa shape index (κ2) is 14.1. The maximum atomic E-state index is 12.2. The summed E-state index contributed by atoms with van der Waals surface area (Å²) < 4.78 is 0.0770. The lowest BCUT2D eigenvalue weighted by Crippen LogP contribution is -2.40. The van der Waals surface area contributed by atoms with Gasteiger partial charge in [0.2, 0.25) is 23.6 Å². The van der Waals surface area contributed by atoms with E-state index in [1.54, 1.807) is 0 Å². The van der Waals surface area contributed by atoms with Crippen molar-refractivity contribution >= 4 is 94.5 Å². The molecule has 0 bridgehead atoms. The van der Waals surface area contributed by atoms with Crippen LogP contribution in [-0.4, -0.2) is 103 Å². The molecular weight excluding hydrogens is 664 g/mol. The number of nitrogens with one attached hydrogen (secondary N) is 3. The molecule has 3 N–H and O–H groups in total. The number of amides is 4. The molecule has 15 heteroatoms. The standard InChI is InChI=1S/C16H27B2I2N5O4P2/c17-31(20)12-10-14(27)25(16(12)29)8-6-23-4-2-21-1-3-22-5-7-24-13(26)9-11(15(24)28)18(19)30/h11-12,21-23H,1-10,30H2. The Bertz CT molecular complexity index is 626. The van der Waals surface area contributed by atoms with Crippen LogP contribution in [-0.2, 0) is 19.2 Å². The summed E-state index contributed by atoms with van der Waals surface area (Å²) in [6.45, 7) is 4.88. The van der Waals surface area contributed by atoms with Crippen molar-refractivity contribution in [1.29, 1.82) is 0 Å². The lowest BCUT2D eigenvalue weighted by Gasteiger charge is -2.16. The maximum Gasteiger partial charge on any atom is 0.252 e. The zero-order valence-electron chi connectivity index (χ0n) is 17.2. The molecule has 2 rings (SSSR count). The van der Waals surface area contributed by atoms with E-state index in [2.05, 4.69) is 47.4 Å². The van der Waals surface area contributed by atoms with Crippen molar-refractivity contribution in [2.24, 2.45) is 0 Å². The van der Waals surface area contributed by atoms with Crippen molar-refractivity contribution in [2.45, 2.75) is 24.3 Å². The van der Waals surface area contributed by atoms with E-state index in [-0.39, 0.29) is 45.8 Å². The van der Waals surface area contributed by atoms with Crippen molar-refractivity contribution in [3.63, 3.8) is 0 Å². The summed E-state index contributed by atoms with van der Waals surface area (Å²) in [5.74, 6) is -0.659. The van der Waals surface area contributed by atoms with Gasteiger partial charge in [-0.3, -0.25) is 29.0 Å². The summed E-state index contributed by atoms with van der Waals surface area (Å²) in [5, 5.41) is 9.73. The molecule has 2 radical (unpaired) electrons.